The second-order valence-corrected chi connectivity index (χ2v) is 12.7. The molecule has 2 aromatic carbocycles. The van der Waals surface area contributed by atoms with E-state index in [2.05, 4.69) is 10.3 Å². The maximum atomic E-state index is 13.3. The molecule has 2 unspecified atom stereocenters. The number of pyridine rings is 1. The monoisotopic (exact) mass is 534 g/mol. The van der Waals surface area contributed by atoms with Crippen LogP contribution in [0, 0.1) is 0 Å². The Hall–Kier alpha value is -3.43. The molecule has 2 aliphatic heterocycles. The predicted molar refractivity (Wildman–Crippen MR) is 142 cm³/mol. The van der Waals surface area contributed by atoms with Gasteiger partial charge in [-0.3, -0.25) is 4.79 Å². The Morgan fingerprint density at radius 1 is 0.947 bits per heavy atom. The Bertz CT molecular complexity index is 1470. The molecule has 0 spiro atoms. The van der Waals surface area contributed by atoms with Gasteiger partial charge in [-0.25, -0.2) is 13.4 Å². The number of carbonyl (C=O) groups excluding carboxylic acids is 1. The summed E-state index contributed by atoms with van der Waals surface area (Å²) in [6, 6.07) is 17.9. The van der Waals surface area contributed by atoms with E-state index in [1.54, 1.807) is 30.3 Å². The molecule has 2 atom stereocenters. The molecule has 8 nitrogen and oxygen atoms in total. The molecule has 9 heteroatoms. The highest BCUT2D eigenvalue weighted by molar-refractivity contribution is 7.92. The van der Waals surface area contributed by atoms with E-state index in [9.17, 15) is 13.2 Å². The van der Waals surface area contributed by atoms with Crippen molar-refractivity contribution in [3.8, 4) is 22.8 Å². The fraction of sp³-hybridized carbons (Fsp3) is 0.379. The van der Waals surface area contributed by atoms with Crippen molar-refractivity contribution in [3.05, 3.63) is 66.2 Å². The predicted octanol–water partition coefficient (Wildman–Crippen LogP) is 4.88. The number of aromatic nitrogens is 1. The van der Waals surface area contributed by atoms with Gasteiger partial charge in [-0.2, -0.15) is 0 Å². The fourth-order valence-electron chi connectivity index (χ4n) is 5.47. The Balaban J connectivity index is 1.18. The highest BCUT2D eigenvalue weighted by Crippen LogP contribution is 2.51. The highest BCUT2D eigenvalue weighted by Gasteiger charge is 2.51. The lowest BCUT2D eigenvalue weighted by molar-refractivity contribution is -0.118. The van der Waals surface area contributed by atoms with Crippen LogP contribution < -0.4 is 14.8 Å². The second-order valence-electron chi connectivity index (χ2n) is 10.4. The van der Waals surface area contributed by atoms with Crippen LogP contribution in [-0.4, -0.2) is 43.6 Å². The van der Waals surface area contributed by atoms with Crippen molar-refractivity contribution in [2.24, 2.45) is 0 Å². The number of hydrogen-bond donors (Lipinski definition) is 1. The number of hydrogen-bond acceptors (Lipinski definition) is 7. The Morgan fingerprint density at radius 3 is 2.37 bits per heavy atom. The van der Waals surface area contributed by atoms with Crippen LogP contribution in [0.5, 0.6) is 11.5 Å². The maximum absolute atomic E-state index is 13.3. The van der Waals surface area contributed by atoms with Crippen LogP contribution in [0.2, 0.25) is 0 Å². The molecule has 3 aliphatic rings. The van der Waals surface area contributed by atoms with E-state index in [4.69, 9.17) is 14.2 Å². The zero-order valence-corrected chi connectivity index (χ0v) is 22.2. The van der Waals surface area contributed by atoms with Crippen molar-refractivity contribution in [2.75, 3.05) is 12.1 Å². The standard InChI is InChI=1S/C29H30N2O6S/c1-18-14-23(15-19(2)37-18)38(33,34)22-9-6-20(7-10-22)24-4-3-5-27(30-24)31-28(32)29(12-13-29)21-8-11-25-26(16-21)36-17-35-25/h3-11,16,18-19,23H,12-15,17H2,1-2H3,(H,30,31,32). The molecule has 0 bridgehead atoms. The molecule has 1 aliphatic carbocycles. The van der Waals surface area contributed by atoms with Crippen LogP contribution in [0.4, 0.5) is 5.82 Å². The van der Waals surface area contributed by atoms with Gasteiger partial charge in [-0.15, -0.1) is 0 Å². The van der Waals surface area contributed by atoms with Crippen LogP contribution in [-0.2, 0) is 24.8 Å². The minimum absolute atomic E-state index is 0.0835. The average molecular weight is 535 g/mol. The van der Waals surface area contributed by atoms with Gasteiger partial charge in [-0.05, 0) is 81.5 Å². The zero-order chi connectivity index (χ0) is 26.5. The van der Waals surface area contributed by atoms with Crippen molar-refractivity contribution >= 4 is 21.6 Å². The van der Waals surface area contributed by atoms with Gasteiger partial charge in [-0.1, -0.05) is 24.3 Å². The van der Waals surface area contributed by atoms with Gasteiger partial charge in [0.05, 0.1) is 33.5 Å². The molecule has 3 heterocycles. The number of ether oxygens (including phenoxy) is 3. The minimum atomic E-state index is -3.46. The topological polar surface area (TPSA) is 104 Å². The van der Waals surface area contributed by atoms with Crippen LogP contribution in [0.15, 0.2) is 65.6 Å². The summed E-state index contributed by atoms with van der Waals surface area (Å²) < 4.78 is 43.1. The van der Waals surface area contributed by atoms with Crippen molar-refractivity contribution in [3.63, 3.8) is 0 Å². The van der Waals surface area contributed by atoms with Crippen molar-refractivity contribution in [1.29, 1.82) is 0 Å². The van der Waals surface area contributed by atoms with E-state index in [1.807, 2.05) is 44.2 Å². The highest BCUT2D eigenvalue weighted by atomic mass is 32.2. The first-order valence-corrected chi connectivity index (χ1v) is 14.5. The third kappa shape index (κ3) is 4.54. The number of sulfone groups is 1. The van der Waals surface area contributed by atoms with E-state index in [0.717, 1.165) is 24.0 Å². The summed E-state index contributed by atoms with van der Waals surface area (Å²) in [5.74, 6) is 1.69. The zero-order valence-electron chi connectivity index (χ0n) is 21.3. The molecule has 38 heavy (non-hydrogen) atoms. The summed E-state index contributed by atoms with van der Waals surface area (Å²) in [4.78, 5) is 18.2. The van der Waals surface area contributed by atoms with E-state index in [-0.39, 0.29) is 24.9 Å². The maximum Gasteiger partial charge on any atom is 0.236 e. The lowest BCUT2D eigenvalue weighted by atomic mass is 9.94. The van der Waals surface area contributed by atoms with Gasteiger partial charge in [0.2, 0.25) is 12.7 Å². The number of fused-ring (bicyclic) bond motifs is 1. The van der Waals surface area contributed by atoms with Gasteiger partial charge in [0.1, 0.15) is 5.82 Å². The molecular formula is C29H30N2O6S. The normalized spacial score (nSPS) is 23.6. The lowest BCUT2D eigenvalue weighted by Crippen LogP contribution is -2.37. The van der Waals surface area contributed by atoms with Gasteiger partial charge in [0.25, 0.3) is 0 Å². The third-order valence-electron chi connectivity index (χ3n) is 7.67. The molecule has 198 valence electrons. The molecule has 1 saturated carbocycles. The first-order chi connectivity index (χ1) is 18.2. The molecule has 1 aromatic heterocycles. The van der Waals surface area contributed by atoms with Crippen molar-refractivity contribution in [2.45, 2.75) is 67.3 Å². The largest absolute Gasteiger partial charge is 0.454 e. The fourth-order valence-corrected chi connectivity index (χ4v) is 7.42. The van der Waals surface area contributed by atoms with Gasteiger partial charge < -0.3 is 19.5 Å². The molecule has 1 N–H and O–H groups in total. The summed E-state index contributed by atoms with van der Waals surface area (Å²) >= 11 is 0. The number of carbonyl (C=O) groups is 1. The summed E-state index contributed by atoms with van der Waals surface area (Å²) in [5.41, 5.74) is 1.72. The van der Waals surface area contributed by atoms with E-state index in [0.29, 0.717) is 40.7 Å². The molecule has 6 rings (SSSR count). The number of anilines is 1. The second kappa shape index (κ2) is 9.39. The van der Waals surface area contributed by atoms with Crippen molar-refractivity contribution in [1.82, 2.24) is 4.98 Å². The number of benzene rings is 2. The molecule has 2 fully saturated rings. The number of amides is 1. The number of rotatable bonds is 6. The summed E-state index contributed by atoms with van der Waals surface area (Å²) in [5, 5.41) is 2.52. The van der Waals surface area contributed by atoms with E-state index in [1.165, 1.54) is 0 Å². The van der Waals surface area contributed by atoms with Crippen LogP contribution >= 0.6 is 0 Å². The summed E-state index contributed by atoms with van der Waals surface area (Å²) in [6.07, 6.45) is 2.31. The molecule has 0 radical (unpaired) electrons. The third-order valence-corrected chi connectivity index (χ3v) is 9.86. The average Bonchev–Trinajstić information content (AvgIpc) is 3.59. The first-order valence-electron chi connectivity index (χ1n) is 12.9. The number of nitrogens with one attached hydrogen (secondary N) is 1. The molecular weight excluding hydrogens is 504 g/mol. The Kier molecular flexibility index (Phi) is 6.15. The minimum Gasteiger partial charge on any atom is -0.454 e. The van der Waals surface area contributed by atoms with E-state index < -0.39 is 20.5 Å². The van der Waals surface area contributed by atoms with Gasteiger partial charge >= 0.3 is 0 Å². The van der Waals surface area contributed by atoms with Gasteiger partial charge in [0, 0.05) is 5.56 Å². The van der Waals surface area contributed by atoms with Gasteiger partial charge in [0.15, 0.2) is 21.3 Å². The summed E-state index contributed by atoms with van der Waals surface area (Å²) in [7, 11) is -3.46. The number of nitrogens with zero attached hydrogens (tertiary/aromatic N) is 1. The first kappa shape index (κ1) is 24.9. The SMILES string of the molecule is CC1CC(S(=O)(=O)c2ccc(-c3cccc(NC(=O)C4(c5ccc6c(c5)OCO6)CC4)n3)cc2)CC(C)O1. The van der Waals surface area contributed by atoms with Crippen LogP contribution in [0.25, 0.3) is 11.3 Å². The van der Waals surface area contributed by atoms with E-state index >= 15 is 0 Å². The Morgan fingerprint density at radius 2 is 1.66 bits per heavy atom. The smallest absolute Gasteiger partial charge is 0.236 e. The van der Waals surface area contributed by atoms with Crippen LogP contribution in [0.1, 0.15) is 45.1 Å². The molecule has 1 saturated heterocycles. The van der Waals surface area contributed by atoms with Crippen LogP contribution in [0.3, 0.4) is 0 Å². The summed E-state index contributed by atoms with van der Waals surface area (Å²) in [6.45, 7) is 4.02. The lowest BCUT2D eigenvalue weighted by Gasteiger charge is -2.31. The quantitative estimate of drug-likeness (QED) is 0.481. The Labute approximate surface area is 222 Å². The van der Waals surface area contributed by atoms with Crippen molar-refractivity contribution < 1.29 is 27.4 Å². The molecule has 3 aromatic rings. The molecule has 1 amide bonds.